The maximum absolute atomic E-state index is 9.55. The van der Waals surface area contributed by atoms with Crippen LogP contribution in [0.15, 0.2) is 6.07 Å². The van der Waals surface area contributed by atoms with Crippen molar-refractivity contribution in [2.24, 2.45) is 5.73 Å². The molecule has 0 saturated heterocycles. The SMILES string of the molecule is NC1(c2cc3c(s2)CCC3)CCC(O)CC1. The normalized spacial score (nSPS) is 34.0. The average molecular weight is 237 g/mol. The van der Waals surface area contributed by atoms with E-state index in [1.165, 1.54) is 29.7 Å². The zero-order chi connectivity index (χ0) is 11.2. The highest BCUT2D eigenvalue weighted by Crippen LogP contribution is 2.41. The van der Waals surface area contributed by atoms with Gasteiger partial charge in [-0.3, -0.25) is 0 Å². The quantitative estimate of drug-likeness (QED) is 0.787. The molecule has 3 heteroatoms. The molecule has 0 aliphatic heterocycles. The minimum Gasteiger partial charge on any atom is -0.393 e. The van der Waals surface area contributed by atoms with Gasteiger partial charge in [-0.05, 0) is 56.6 Å². The number of thiophene rings is 1. The molecular weight excluding hydrogens is 218 g/mol. The van der Waals surface area contributed by atoms with Crippen molar-refractivity contribution in [3.05, 3.63) is 21.4 Å². The van der Waals surface area contributed by atoms with Crippen molar-refractivity contribution >= 4 is 11.3 Å². The van der Waals surface area contributed by atoms with E-state index < -0.39 is 0 Å². The molecule has 1 fully saturated rings. The van der Waals surface area contributed by atoms with Crippen LogP contribution in [0.1, 0.15) is 47.4 Å². The number of aliphatic hydroxyl groups is 1. The molecule has 16 heavy (non-hydrogen) atoms. The summed E-state index contributed by atoms with van der Waals surface area (Å²) in [7, 11) is 0. The van der Waals surface area contributed by atoms with Gasteiger partial charge in [-0.25, -0.2) is 0 Å². The topological polar surface area (TPSA) is 46.2 Å². The molecule has 0 spiro atoms. The molecule has 88 valence electrons. The van der Waals surface area contributed by atoms with Gasteiger partial charge in [0.25, 0.3) is 0 Å². The van der Waals surface area contributed by atoms with E-state index in [9.17, 15) is 5.11 Å². The molecule has 0 amide bonds. The number of aryl methyl sites for hydroxylation is 2. The Hall–Kier alpha value is -0.380. The Kier molecular flexibility index (Phi) is 2.57. The van der Waals surface area contributed by atoms with Crippen molar-refractivity contribution in [3.63, 3.8) is 0 Å². The second-order valence-corrected chi connectivity index (χ2v) is 6.44. The summed E-state index contributed by atoms with van der Waals surface area (Å²) in [6.45, 7) is 0. The van der Waals surface area contributed by atoms with Crippen molar-refractivity contribution in [2.75, 3.05) is 0 Å². The second-order valence-electron chi connectivity index (χ2n) is 5.30. The fourth-order valence-electron chi connectivity index (χ4n) is 2.94. The Labute approximate surface area is 100 Å². The first-order valence-corrected chi connectivity index (χ1v) is 7.08. The van der Waals surface area contributed by atoms with Crippen LogP contribution in [-0.2, 0) is 18.4 Å². The molecule has 0 atom stereocenters. The smallest absolute Gasteiger partial charge is 0.0541 e. The van der Waals surface area contributed by atoms with Gasteiger partial charge in [-0.2, -0.15) is 0 Å². The van der Waals surface area contributed by atoms with Crippen molar-refractivity contribution in [1.82, 2.24) is 0 Å². The van der Waals surface area contributed by atoms with Crippen molar-refractivity contribution in [3.8, 4) is 0 Å². The molecule has 1 saturated carbocycles. The summed E-state index contributed by atoms with van der Waals surface area (Å²) in [5, 5.41) is 9.55. The van der Waals surface area contributed by atoms with Gasteiger partial charge in [0.2, 0.25) is 0 Å². The molecule has 1 aromatic heterocycles. The lowest BCUT2D eigenvalue weighted by Gasteiger charge is -2.34. The molecule has 0 radical (unpaired) electrons. The number of hydrogen-bond acceptors (Lipinski definition) is 3. The predicted molar refractivity (Wildman–Crippen MR) is 66.7 cm³/mol. The molecule has 3 rings (SSSR count). The van der Waals surface area contributed by atoms with Crippen LogP contribution in [0.3, 0.4) is 0 Å². The summed E-state index contributed by atoms with van der Waals surface area (Å²) in [4.78, 5) is 2.93. The lowest BCUT2D eigenvalue weighted by atomic mass is 9.80. The summed E-state index contributed by atoms with van der Waals surface area (Å²) in [6.07, 6.45) is 7.28. The van der Waals surface area contributed by atoms with Crippen LogP contribution in [0, 0.1) is 0 Å². The molecule has 2 aliphatic rings. The van der Waals surface area contributed by atoms with E-state index in [-0.39, 0.29) is 11.6 Å². The first-order chi connectivity index (χ1) is 7.67. The molecular formula is C13H19NOS. The highest BCUT2D eigenvalue weighted by atomic mass is 32.1. The molecule has 2 nitrogen and oxygen atoms in total. The molecule has 2 aliphatic carbocycles. The van der Waals surface area contributed by atoms with Crippen molar-refractivity contribution in [1.29, 1.82) is 0 Å². The van der Waals surface area contributed by atoms with E-state index in [1.54, 1.807) is 4.88 Å². The molecule has 0 bridgehead atoms. The van der Waals surface area contributed by atoms with Gasteiger partial charge < -0.3 is 10.8 Å². The maximum Gasteiger partial charge on any atom is 0.0541 e. The van der Waals surface area contributed by atoms with Crippen molar-refractivity contribution in [2.45, 2.75) is 56.6 Å². The predicted octanol–water partition coefficient (Wildman–Crippen LogP) is 2.33. The summed E-state index contributed by atoms with van der Waals surface area (Å²) in [5.41, 5.74) is 7.90. The number of nitrogens with two attached hydrogens (primary N) is 1. The second kappa shape index (κ2) is 3.83. The summed E-state index contributed by atoms with van der Waals surface area (Å²) in [6, 6.07) is 2.34. The Morgan fingerprint density at radius 2 is 2.06 bits per heavy atom. The van der Waals surface area contributed by atoms with E-state index in [1.807, 2.05) is 11.3 Å². The fraction of sp³-hybridized carbons (Fsp3) is 0.692. The Morgan fingerprint density at radius 3 is 2.75 bits per heavy atom. The zero-order valence-electron chi connectivity index (χ0n) is 9.54. The number of fused-ring (bicyclic) bond motifs is 1. The van der Waals surface area contributed by atoms with Crippen molar-refractivity contribution < 1.29 is 5.11 Å². The van der Waals surface area contributed by atoms with Crippen LogP contribution in [0.4, 0.5) is 0 Å². The van der Waals surface area contributed by atoms with E-state index >= 15 is 0 Å². The zero-order valence-corrected chi connectivity index (χ0v) is 10.4. The van der Waals surface area contributed by atoms with Crippen LogP contribution in [0.2, 0.25) is 0 Å². The van der Waals surface area contributed by atoms with Crippen LogP contribution in [0.5, 0.6) is 0 Å². The highest BCUT2D eigenvalue weighted by molar-refractivity contribution is 7.12. The first-order valence-electron chi connectivity index (χ1n) is 6.26. The third-order valence-electron chi connectivity index (χ3n) is 4.08. The molecule has 1 heterocycles. The number of aliphatic hydroxyl groups excluding tert-OH is 1. The summed E-state index contributed by atoms with van der Waals surface area (Å²) < 4.78 is 0. The Morgan fingerprint density at radius 1 is 1.31 bits per heavy atom. The maximum atomic E-state index is 9.55. The largest absolute Gasteiger partial charge is 0.393 e. The molecule has 0 aromatic carbocycles. The van der Waals surface area contributed by atoms with Crippen LogP contribution < -0.4 is 5.73 Å². The Balaban J connectivity index is 1.85. The minimum atomic E-state index is -0.145. The van der Waals surface area contributed by atoms with E-state index in [2.05, 4.69) is 6.07 Å². The van der Waals surface area contributed by atoms with E-state index in [0.29, 0.717) is 0 Å². The highest BCUT2D eigenvalue weighted by Gasteiger charge is 2.35. The van der Waals surface area contributed by atoms with Gasteiger partial charge in [0.1, 0.15) is 0 Å². The monoisotopic (exact) mass is 237 g/mol. The Bertz CT molecular complexity index is 369. The number of hydrogen-bond donors (Lipinski definition) is 2. The molecule has 0 unspecified atom stereocenters. The van der Waals surface area contributed by atoms with Crippen LogP contribution in [0.25, 0.3) is 0 Å². The standard InChI is InChI=1S/C13H19NOS/c14-13(6-4-10(15)5-7-13)12-8-9-2-1-3-11(9)16-12/h8,10,15H,1-7,14H2. The molecule has 1 aromatic rings. The molecule has 3 N–H and O–H groups in total. The van der Waals surface area contributed by atoms with Gasteiger partial charge >= 0.3 is 0 Å². The van der Waals surface area contributed by atoms with Gasteiger partial charge in [0, 0.05) is 9.75 Å². The van der Waals surface area contributed by atoms with E-state index in [0.717, 1.165) is 25.7 Å². The summed E-state index contributed by atoms with van der Waals surface area (Å²) >= 11 is 1.92. The third-order valence-corrected chi connectivity index (χ3v) is 5.54. The van der Waals surface area contributed by atoms with Crippen LogP contribution in [-0.4, -0.2) is 11.2 Å². The van der Waals surface area contributed by atoms with Gasteiger partial charge in [-0.15, -0.1) is 11.3 Å². The van der Waals surface area contributed by atoms with E-state index in [4.69, 9.17) is 5.73 Å². The first kappa shape index (κ1) is 10.8. The third kappa shape index (κ3) is 1.71. The average Bonchev–Trinajstić information content (AvgIpc) is 2.82. The lowest BCUT2D eigenvalue weighted by molar-refractivity contribution is 0.0979. The lowest BCUT2D eigenvalue weighted by Crippen LogP contribution is -2.40. The van der Waals surface area contributed by atoms with Crippen LogP contribution >= 0.6 is 11.3 Å². The van der Waals surface area contributed by atoms with Gasteiger partial charge in [0.05, 0.1) is 11.6 Å². The number of rotatable bonds is 1. The van der Waals surface area contributed by atoms with Gasteiger partial charge in [0.15, 0.2) is 0 Å². The summed E-state index contributed by atoms with van der Waals surface area (Å²) in [5.74, 6) is 0. The minimum absolute atomic E-state index is 0.122. The van der Waals surface area contributed by atoms with Gasteiger partial charge in [-0.1, -0.05) is 0 Å². The fourth-order valence-corrected chi connectivity index (χ4v) is 4.35.